The molecule has 0 bridgehead atoms. The van der Waals surface area contributed by atoms with E-state index in [4.69, 9.17) is 4.74 Å². The molecule has 0 saturated carbocycles. The highest BCUT2D eigenvalue weighted by Gasteiger charge is 2.38. The molecule has 1 unspecified atom stereocenters. The number of nitrogens with zero attached hydrogens (tertiary/aromatic N) is 2. The van der Waals surface area contributed by atoms with Gasteiger partial charge in [0.1, 0.15) is 5.54 Å². The maximum absolute atomic E-state index is 12.4. The number of carboxylic acid groups (broad SMARTS) is 1. The van der Waals surface area contributed by atoms with Crippen LogP contribution in [0.15, 0.2) is 0 Å². The molecule has 0 aliphatic carbocycles. The highest BCUT2D eigenvalue weighted by molar-refractivity contribution is 5.85. The largest absolute Gasteiger partial charge is 0.480 e. The normalized spacial score (nSPS) is 19.8. The maximum atomic E-state index is 12.4. The number of aliphatic carboxylic acids is 1. The van der Waals surface area contributed by atoms with Crippen molar-refractivity contribution in [3.63, 3.8) is 0 Å². The molecule has 1 aliphatic rings. The molecule has 1 saturated heterocycles. The van der Waals surface area contributed by atoms with E-state index >= 15 is 0 Å². The molecule has 0 aromatic heterocycles. The Hall–Kier alpha value is -1.30. The Labute approximate surface area is 120 Å². The van der Waals surface area contributed by atoms with Gasteiger partial charge in [-0.2, -0.15) is 0 Å². The fourth-order valence-corrected chi connectivity index (χ4v) is 2.13. The summed E-state index contributed by atoms with van der Waals surface area (Å²) >= 11 is 0. The lowest BCUT2D eigenvalue weighted by Crippen LogP contribution is -2.57. The van der Waals surface area contributed by atoms with E-state index in [1.807, 2.05) is 0 Å². The first kappa shape index (κ1) is 16.8. The Morgan fingerprint density at radius 2 is 2.10 bits per heavy atom. The predicted molar refractivity (Wildman–Crippen MR) is 75.7 cm³/mol. The van der Waals surface area contributed by atoms with Crippen molar-refractivity contribution in [1.82, 2.24) is 9.80 Å². The summed E-state index contributed by atoms with van der Waals surface area (Å²) in [4.78, 5) is 26.6. The van der Waals surface area contributed by atoms with Crippen molar-refractivity contribution in [2.45, 2.75) is 51.7 Å². The van der Waals surface area contributed by atoms with Crippen LogP contribution in [0.5, 0.6) is 0 Å². The highest BCUT2D eigenvalue weighted by Crippen LogP contribution is 2.19. The summed E-state index contributed by atoms with van der Waals surface area (Å²) in [5, 5.41) is 9.19. The number of likely N-dealkylation sites (tertiary alicyclic amines) is 1. The summed E-state index contributed by atoms with van der Waals surface area (Å²) in [6.45, 7) is 7.01. The molecule has 1 rings (SSSR count). The van der Waals surface area contributed by atoms with Gasteiger partial charge in [-0.05, 0) is 33.1 Å². The first-order chi connectivity index (χ1) is 9.30. The lowest BCUT2D eigenvalue weighted by atomic mass is 10.0. The SMILES string of the molecule is CCCOC1CCCN(C(=O)N(C)C(C)(C)C(=O)O)C1. The molecule has 2 amide bonds. The molecule has 0 aromatic rings. The first-order valence-corrected chi connectivity index (χ1v) is 7.18. The van der Waals surface area contributed by atoms with E-state index in [2.05, 4.69) is 6.92 Å². The summed E-state index contributed by atoms with van der Waals surface area (Å²) in [7, 11) is 1.53. The average molecular weight is 286 g/mol. The van der Waals surface area contributed by atoms with Gasteiger partial charge in [0.2, 0.25) is 0 Å². The second-order valence-electron chi connectivity index (χ2n) is 5.79. The molecule has 1 aliphatic heterocycles. The van der Waals surface area contributed by atoms with Crippen LogP contribution in [0.1, 0.15) is 40.0 Å². The summed E-state index contributed by atoms with van der Waals surface area (Å²) in [5.74, 6) is -1.01. The number of carboxylic acids is 1. The topological polar surface area (TPSA) is 70.1 Å². The third-order valence-corrected chi connectivity index (χ3v) is 3.86. The maximum Gasteiger partial charge on any atom is 0.329 e. The lowest BCUT2D eigenvalue weighted by Gasteiger charge is -2.39. The van der Waals surface area contributed by atoms with Crippen molar-refractivity contribution in [3.8, 4) is 0 Å². The van der Waals surface area contributed by atoms with E-state index < -0.39 is 11.5 Å². The minimum absolute atomic E-state index is 0.0639. The smallest absolute Gasteiger partial charge is 0.329 e. The molecule has 1 fully saturated rings. The minimum atomic E-state index is -1.21. The number of hydrogen-bond donors (Lipinski definition) is 1. The van der Waals surface area contributed by atoms with Gasteiger partial charge < -0.3 is 19.6 Å². The van der Waals surface area contributed by atoms with Crippen molar-refractivity contribution in [1.29, 1.82) is 0 Å². The van der Waals surface area contributed by atoms with Crippen LogP contribution >= 0.6 is 0 Å². The standard InChI is InChI=1S/C14H26N2O4/c1-5-9-20-11-7-6-8-16(10-11)13(19)15(4)14(2,3)12(17)18/h11H,5-10H2,1-4H3,(H,17,18). The van der Waals surface area contributed by atoms with E-state index in [0.717, 1.165) is 19.3 Å². The molecule has 1 atom stereocenters. The number of urea groups is 1. The summed E-state index contributed by atoms with van der Waals surface area (Å²) in [6.07, 6.45) is 2.86. The molecule has 6 heteroatoms. The monoisotopic (exact) mass is 286 g/mol. The second-order valence-corrected chi connectivity index (χ2v) is 5.79. The number of amides is 2. The van der Waals surface area contributed by atoms with Gasteiger partial charge in [0.15, 0.2) is 0 Å². The van der Waals surface area contributed by atoms with Gasteiger partial charge in [-0.15, -0.1) is 0 Å². The molecular weight excluding hydrogens is 260 g/mol. The number of piperidine rings is 1. The fraction of sp³-hybridized carbons (Fsp3) is 0.857. The van der Waals surface area contributed by atoms with Gasteiger partial charge in [0.25, 0.3) is 0 Å². The Balaban J connectivity index is 2.64. The number of carbonyl (C=O) groups is 2. The summed E-state index contributed by atoms with van der Waals surface area (Å²) in [5.41, 5.74) is -1.21. The van der Waals surface area contributed by atoms with Crippen LogP contribution in [-0.2, 0) is 9.53 Å². The van der Waals surface area contributed by atoms with Crippen LogP contribution < -0.4 is 0 Å². The summed E-state index contributed by atoms with van der Waals surface area (Å²) in [6, 6.07) is -0.248. The van der Waals surface area contributed by atoms with Crippen LogP contribution in [0.2, 0.25) is 0 Å². The van der Waals surface area contributed by atoms with E-state index in [-0.39, 0.29) is 12.1 Å². The number of rotatable bonds is 5. The molecule has 116 valence electrons. The van der Waals surface area contributed by atoms with Gasteiger partial charge in [-0.1, -0.05) is 6.92 Å². The fourth-order valence-electron chi connectivity index (χ4n) is 2.13. The van der Waals surface area contributed by atoms with Gasteiger partial charge >= 0.3 is 12.0 Å². The third kappa shape index (κ3) is 3.85. The van der Waals surface area contributed by atoms with Gasteiger partial charge in [-0.25, -0.2) is 9.59 Å². The molecule has 0 aromatic carbocycles. The molecule has 1 N–H and O–H groups in total. The summed E-state index contributed by atoms with van der Waals surface area (Å²) < 4.78 is 5.70. The predicted octanol–water partition coefficient (Wildman–Crippen LogP) is 1.79. The molecule has 1 heterocycles. The van der Waals surface area contributed by atoms with E-state index in [0.29, 0.717) is 19.7 Å². The number of carbonyl (C=O) groups excluding carboxylic acids is 1. The zero-order valence-electron chi connectivity index (χ0n) is 12.9. The minimum Gasteiger partial charge on any atom is -0.480 e. The van der Waals surface area contributed by atoms with Gasteiger partial charge in [-0.3, -0.25) is 0 Å². The zero-order valence-corrected chi connectivity index (χ0v) is 12.9. The van der Waals surface area contributed by atoms with Crippen molar-refractivity contribution < 1.29 is 19.4 Å². The Bertz CT molecular complexity index is 357. The van der Waals surface area contributed by atoms with E-state index in [1.54, 1.807) is 4.90 Å². The van der Waals surface area contributed by atoms with Gasteiger partial charge in [0, 0.05) is 26.7 Å². The van der Waals surface area contributed by atoms with Crippen LogP contribution in [0.4, 0.5) is 4.79 Å². The molecule has 0 radical (unpaired) electrons. The van der Waals surface area contributed by atoms with Crippen LogP contribution in [0, 0.1) is 0 Å². The van der Waals surface area contributed by atoms with E-state index in [1.165, 1.54) is 25.8 Å². The second kappa shape index (κ2) is 6.92. The zero-order chi connectivity index (χ0) is 15.3. The Morgan fingerprint density at radius 3 is 2.65 bits per heavy atom. The van der Waals surface area contributed by atoms with Crippen LogP contribution in [0.25, 0.3) is 0 Å². The van der Waals surface area contributed by atoms with Crippen LogP contribution in [0.3, 0.4) is 0 Å². The molecule has 6 nitrogen and oxygen atoms in total. The molecule has 20 heavy (non-hydrogen) atoms. The van der Waals surface area contributed by atoms with Crippen molar-refractivity contribution >= 4 is 12.0 Å². The third-order valence-electron chi connectivity index (χ3n) is 3.86. The highest BCUT2D eigenvalue weighted by atomic mass is 16.5. The number of hydrogen-bond acceptors (Lipinski definition) is 3. The number of ether oxygens (including phenoxy) is 1. The van der Waals surface area contributed by atoms with Gasteiger partial charge in [0.05, 0.1) is 6.10 Å². The first-order valence-electron chi connectivity index (χ1n) is 7.18. The Morgan fingerprint density at radius 1 is 1.45 bits per heavy atom. The van der Waals surface area contributed by atoms with Crippen molar-refractivity contribution in [2.24, 2.45) is 0 Å². The van der Waals surface area contributed by atoms with Crippen molar-refractivity contribution in [2.75, 3.05) is 26.7 Å². The molecular formula is C14H26N2O4. The van der Waals surface area contributed by atoms with Crippen LogP contribution in [-0.4, -0.2) is 65.3 Å². The number of likely N-dealkylation sites (N-methyl/N-ethyl adjacent to an activating group) is 1. The average Bonchev–Trinajstić information content (AvgIpc) is 2.43. The Kier molecular flexibility index (Phi) is 5.80. The molecule has 0 spiro atoms. The van der Waals surface area contributed by atoms with E-state index in [9.17, 15) is 14.7 Å². The quantitative estimate of drug-likeness (QED) is 0.836. The van der Waals surface area contributed by atoms with Crippen molar-refractivity contribution in [3.05, 3.63) is 0 Å². The lowest BCUT2D eigenvalue weighted by molar-refractivity contribution is -0.147.